The van der Waals surface area contributed by atoms with Crippen LogP contribution in [0.4, 0.5) is 5.69 Å². The summed E-state index contributed by atoms with van der Waals surface area (Å²) in [6.07, 6.45) is 1.10. The fourth-order valence-corrected chi connectivity index (χ4v) is 4.87. The van der Waals surface area contributed by atoms with Crippen molar-refractivity contribution in [3.63, 3.8) is 0 Å². The summed E-state index contributed by atoms with van der Waals surface area (Å²) in [4.78, 5) is 12.9. The number of nitrogens with zero attached hydrogens (tertiary/aromatic N) is 1. The lowest BCUT2D eigenvalue weighted by atomic mass is 10.1. The number of hydrogen-bond donors (Lipinski definition) is 1. The molecule has 1 amide bonds. The standard InChI is InChI=1S/C25H26Cl2N2O5S/c1-16(20-14-19(33-2)12-13-23(20)34-3)28-25(30)18-10-8-17(9-11-18)15-29(35(4,31)32)22-7-5-6-21(26)24(22)27/h5-14,16H,15H2,1-4H3,(H,28,30)/t16-/m1/s1. The zero-order valence-corrected chi connectivity index (χ0v) is 22.0. The summed E-state index contributed by atoms with van der Waals surface area (Å²) < 4.78 is 36.8. The number of amides is 1. The molecule has 1 atom stereocenters. The number of rotatable bonds is 9. The van der Waals surface area contributed by atoms with Gasteiger partial charge in [0.25, 0.3) is 5.91 Å². The SMILES string of the molecule is COc1ccc(OC)c([C@@H](C)NC(=O)c2ccc(CN(c3cccc(Cl)c3Cl)S(C)(=O)=O)cc2)c1. The van der Waals surface area contributed by atoms with Crippen molar-refractivity contribution >= 4 is 44.8 Å². The number of nitrogens with one attached hydrogen (secondary N) is 1. The molecule has 0 unspecified atom stereocenters. The third-order valence-electron chi connectivity index (χ3n) is 5.39. The van der Waals surface area contributed by atoms with Crippen molar-refractivity contribution in [1.29, 1.82) is 0 Å². The lowest BCUT2D eigenvalue weighted by Gasteiger charge is -2.24. The Labute approximate surface area is 215 Å². The highest BCUT2D eigenvalue weighted by Crippen LogP contribution is 2.34. The van der Waals surface area contributed by atoms with E-state index in [1.165, 1.54) is 4.31 Å². The second-order valence-electron chi connectivity index (χ2n) is 7.84. The van der Waals surface area contributed by atoms with Crippen LogP contribution in [0.5, 0.6) is 11.5 Å². The summed E-state index contributed by atoms with van der Waals surface area (Å²) in [5.74, 6) is 1.00. The molecule has 0 radical (unpaired) electrons. The minimum absolute atomic E-state index is 0.0260. The monoisotopic (exact) mass is 536 g/mol. The van der Waals surface area contributed by atoms with Crippen LogP contribution in [0.15, 0.2) is 60.7 Å². The number of halogens is 2. The van der Waals surface area contributed by atoms with E-state index < -0.39 is 10.0 Å². The number of carbonyl (C=O) groups excluding carboxylic acids is 1. The Kier molecular flexibility index (Phi) is 8.53. The summed E-state index contributed by atoms with van der Waals surface area (Å²) in [6.45, 7) is 1.88. The van der Waals surface area contributed by atoms with Crippen molar-refractivity contribution < 1.29 is 22.7 Å². The highest BCUT2D eigenvalue weighted by atomic mass is 35.5. The topological polar surface area (TPSA) is 84.9 Å². The molecule has 7 nitrogen and oxygen atoms in total. The van der Waals surface area contributed by atoms with E-state index in [1.807, 2.05) is 13.0 Å². The van der Waals surface area contributed by atoms with E-state index in [9.17, 15) is 13.2 Å². The van der Waals surface area contributed by atoms with Crippen molar-refractivity contribution in [2.24, 2.45) is 0 Å². The Morgan fingerprint density at radius 1 is 1.03 bits per heavy atom. The Morgan fingerprint density at radius 2 is 1.71 bits per heavy atom. The molecule has 0 aliphatic carbocycles. The van der Waals surface area contributed by atoms with Crippen molar-refractivity contribution in [2.75, 3.05) is 24.8 Å². The van der Waals surface area contributed by atoms with Gasteiger partial charge in [0.15, 0.2) is 0 Å². The molecule has 0 bridgehead atoms. The summed E-state index contributed by atoms with van der Waals surface area (Å²) in [5.41, 5.74) is 2.16. The predicted molar refractivity (Wildman–Crippen MR) is 139 cm³/mol. The Balaban J connectivity index is 1.78. The zero-order chi connectivity index (χ0) is 25.8. The van der Waals surface area contributed by atoms with E-state index in [0.29, 0.717) is 22.6 Å². The molecule has 0 heterocycles. The maximum Gasteiger partial charge on any atom is 0.251 e. The zero-order valence-electron chi connectivity index (χ0n) is 19.7. The quantitative estimate of drug-likeness (QED) is 0.392. The van der Waals surface area contributed by atoms with Gasteiger partial charge in [0.1, 0.15) is 11.5 Å². The first-order chi connectivity index (χ1) is 16.5. The molecule has 3 aromatic rings. The summed E-state index contributed by atoms with van der Waals surface area (Å²) in [5, 5.41) is 3.36. The van der Waals surface area contributed by atoms with Gasteiger partial charge in [0.2, 0.25) is 10.0 Å². The van der Waals surface area contributed by atoms with Crippen molar-refractivity contribution in [2.45, 2.75) is 19.5 Å². The molecule has 0 saturated carbocycles. The van der Waals surface area contributed by atoms with Crippen molar-refractivity contribution in [3.05, 3.63) is 87.4 Å². The van der Waals surface area contributed by atoms with Gasteiger partial charge in [-0.1, -0.05) is 41.4 Å². The fraction of sp³-hybridized carbons (Fsp3) is 0.240. The predicted octanol–water partition coefficient (Wildman–Crippen LogP) is 5.47. The third kappa shape index (κ3) is 6.39. The molecule has 0 aliphatic rings. The van der Waals surface area contributed by atoms with Gasteiger partial charge in [-0.05, 0) is 55.0 Å². The number of carbonyl (C=O) groups is 1. The van der Waals surface area contributed by atoms with Crippen LogP contribution < -0.4 is 19.1 Å². The number of benzene rings is 3. The van der Waals surface area contributed by atoms with Gasteiger partial charge in [0, 0.05) is 11.1 Å². The Bertz CT molecular complexity index is 1310. The van der Waals surface area contributed by atoms with Gasteiger partial charge < -0.3 is 14.8 Å². The van der Waals surface area contributed by atoms with Crippen molar-refractivity contribution in [1.82, 2.24) is 5.32 Å². The first kappa shape index (κ1) is 26.7. The second-order valence-corrected chi connectivity index (χ2v) is 10.5. The van der Waals surface area contributed by atoms with Crippen LogP contribution in [0.1, 0.15) is 34.5 Å². The first-order valence-corrected chi connectivity index (χ1v) is 13.2. The molecule has 0 spiro atoms. The van der Waals surface area contributed by atoms with Gasteiger partial charge in [-0.25, -0.2) is 8.42 Å². The number of sulfonamides is 1. The van der Waals surface area contributed by atoms with E-state index >= 15 is 0 Å². The van der Waals surface area contributed by atoms with Gasteiger partial charge in [-0.2, -0.15) is 0 Å². The molecule has 0 aliphatic heterocycles. The summed E-state index contributed by atoms with van der Waals surface area (Å²) in [6, 6.07) is 16.5. The summed E-state index contributed by atoms with van der Waals surface area (Å²) >= 11 is 12.3. The maximum atomic E-state index is 12.9. The highest BCUT2D eigenvalue weighted by Gasteiger charge is 2.22. The Hall–Kier alpha value is -2.94. The van der Waals surface area contributed by atoms with E-state index in [-0.39, 0.29) is 34.2 Å². The number of ether oxygens (including phenoxy) is 2. The third-order valence-corrected chi connectivity index (χ3v) is 7.33. The van der Waals surface area contributed by atoms with Crippen LogP contribution in [0.25, 0.3) is 0 Å². The smallest absolute Gasteiger partial charge is 0.251 e. The van der Waals surface area contributed by atoms with Crippen LogP contribution in [0.2, 0.25) is 10.0 Å². The van der Waals surface area contributed by atoms with Gasteiger partial charge >= 0.3 is 0 Å². The minimum Gasteiger partial charge on any atom is -0.497 e. The van der Waals surface area contributed by atoms with Gasteiger partial charge in [-0.15, -0.1) is 0 Å². The molecule has 3 aromatic carbocycles. The first-order valence-electron chi connectivity index (χ1n) is 10.6. The molecule has 0 fully saturated rings. The lowest BCUT2D eigenvalue weighted by Crippen LogP contribution is -2.30. The fourth-order valence-electron chi connectivity index (χ4n) is 3.53. The molecule has 35 heavy (non-hydrogen) atoms. The molecule has 186 valence electrons. The average Bonchev–Trinajstić information content (AvgIpc) is 2.83. The average molecular weight is 537 g/mol. The maximum absolute atomic E-state index is 12.9. The van der Waals surface area contributed by atoms with E-state index in [1.54, 1.807) is 68.8 Å². The van der Waals surface area contributed by atoms with E-state index in [4.69, 9.17) is 32.7 Å². The van der Waals surface area contributed by atoms with Crippen LogP contribution in [0.3, 0.4) is 0 Å². The number of anilines is 1. The second kappa shape index (κ2) is 11.2. The molecule has 10 heteroatoms. The van der Waals surface area contributed by atoms with Crippen molar-refractivity contribution in [3.8, 4) is 11.5 Å². The normalized spacial score (nSPS) is 12.1. The molecular formula is C25H26Cl2N2O5S. The van der Waals surface area contributed by atoms with Crippen LogP contribution in [-0.2, 0) is 16.6 Å². The highest BCUT2D eigenvalue weighted by molar-refractivity contribution is 7.92. The molecular weight excluding hydrogens is 511 g/mol. The van der Waals surface area contributed by atoms with E-state index in [0.717, 1.165) is 11.8 Å². The van der Waals surface area contributed by atoms with E-state index in [2.05, 4.69) is 5.32 Å². The number of methoxy groups -OCH3 is 2. The van der Waals surface area contributed by atoms with Gasteiger partial charge in [0.05, 0.1) is 48.8 Å². The Morgan fingerprint density at radius 3 is 2.31 bits per heavy atom. The summed E-state index contributed by atoms with van der Waals surface area (Å²) in [7, 11) is -0.516. The molecule has 0 saturated heterocycles. The minimum atomic E-state index is -3.65. The van der Waals surface area contributed by atoms with Crippen LogP contribution >= 0.6 is 23.2 Å². The molecule has 0 aromatic heterocycles. The lowest BCUT2D eigenvalue weighted by molar-refractivity contribution is 0.0939. The van der Waals surface area contributed by atoms with Crippen LogP contribution in [0, 0.1) is 0 Å². The number of hydrogen-bond acceptors (Lipinski definition) is 5. The van der Waals surface area contributed by atoms with Gasteiger partial charge in [-0.3, -0.25) is 9.10 Å². The molecule has 1 N–H and O–H groups in total. The largest absolute Gasteiger partial charge is 0.497 e. The molecule has 3 rings (SSSR count). The van der Waals surface area contributed by atoms with Crippen LogP contribution in [-0.4, -0.2) is 34.8 Å².